The van der Waals surface area contributed by atoms with Crippen molar-refractivity contribution < 1.29 is 14.3 Å². The minimum atomic E-state index is -0.493. The lowest BCUT2D eigenvalue weighted by atomic mass is 10.1. The van der Waals surface area contributed by atoms with Crippen molar-refractivity contribution in [2.75, 3.05) is 18.5 Å². The molecule has 1 N–H and O–H groups in total. The number of carbonyl (C=O) groups is 2. The molecule has 2 heterocycles. The molecule has 1 aliphatic heterocycles. The quantitative estimate of drug-likeness (QED) is 0.839. The number of nitrogens with zero attached hydrogens (tertiary/aromatic N) is 2. The molecule has 0 bridgehead atoms. The number of aryl methyl sites for hydroxylation is 1. The van der Waals surface area contributed by atoms with Crippen LogP contribution in [0.5, 0.6) is 0 Å². The fourth-order valence-electron chi connectivity index (χ4n) is 2.96. The molecule has 138 valence electrons. The molecule has 0 saturated heterocycles. The molecule has 0 spiro atoms. The second-order valence-electron chi connectivity index (χ2n) is 6.14. The Morgan fingerprint density at radius 2 is 2.12 bits per heavy atom. The molecule has 2 amide bonds. The van der Waals surface area contributed by atoms with Crippen molar-refractivity contribution in [2.45, 2.75) is 39.2 Å². The van der Waals surface area contributed by atoms with Crippen LogP contribution in [0, 0.1) is 0 Å². The molecule has 0 fully saturated rings. The number of aromatic nitrogens is 1. The van der Waals surface area contributed by atoms with Gasteiger partial charge in [-0.05, 0) is 25.3 Å². The number of benzene rings is 1. The number of thiazole rings is 1. The van der Waals surface area contributed by atoms with E-state index < -0.39 is 6.09 Å². The van der Waals surface area contributed by atoms with Gasteiger partial charge in [-0.15, -0.1) is 0 Å². The minimum Gasteiger partial charge on any atom is -0.450 e. The summed E-state index contributed by atoms with van der Waals surface area (Å²) in [5.74, 6) is 0.180. The summed E-state index contributed by atoms with van der Waals surface area (Å²) < 4.78 is 4.87. The van der Waals surface area contributed by atoms with Gasteiger partial charge in [0.25, 0.3) is 0 Å². The second kappa shape index (κ2) is 8.80. The van der Waals surface area contributed by atoms with Crippen LogP contribution in [-0.4, -0.2) is 35.0 Å². The van der Waals surface area contributed by atoms with Crippen molar-refractivity contribution in [3.05, 3.63) is 46.5 Å². The predicted octanol–water partition coefficient (Wildman–Crippen LogP) is 3.62. The SMILES string of the molecule is CCOC(=O)Nc1nc2c(s1)CN(C(=O)CCCc1ccccc1)CC2. The van der Waals surface area contributed by atoms with Crippen LogP contribution in [0.25, 0.3) is 0 Å². The number of anilines is 1. The van der Waals surface area contributed by atoms with Crippen molar-refractivity contribution in [3.8, 4) is 0 Å². The number of rotatable bonds is 6. The van der Waals surface area contributed by atoms with E-state index in [1.165, 1.54) is 16.9 Å². The summed E-state index contributed by atoms with van der Waals surface area (Å²) in [4.78, 5) is 31.4. The highest BCUT2D eigenvalue weighted by Gasteiger charge is 2.24. The zero-order chi connectivity index (χ0) is 18.4. The summed E-state index contributed by atoms with van der Waals surface area (Å²) in [7, 11) is 0. The Bertz CT molecular complexity index is 761. The number of hydrogen-bond donors (Lipinski definition) is 1. The number of carbonyl (C=O) groups excluding carboxylic acids is 2. The molecule has 7 heteroatoms. The molecule has 6 nitrogen and oxygen atoms in total. The average Bonchev–Trinajstić information content (AvgIpc) is 3.03. The first kappa shape index (κ1) is 18.4. The van der Waals surface area contributed by atoms with Crippen molar-refractivity contribution in [2.24, 2.45) is 0 Å². The van der Waals surface area contributed by atoms with Crippen LogP contribution in [0.4, 0.5) is 9.93 Å². The Hall–Kier alpha value is -2.41. The van der Waals surface area contributed by atoms with E-state index in [2.05, 4.69) is 22.4 Å². The molecule has 0 unspecified atom stereocenters. The first-order valence-corrected chi connectivity index (χ1v) is 9.71. The maximum Gasteiger partial charge on any atom is 0.413 e. The maximum absolute atomic E-state index is 12.5. The lowest BCUT2D eigenvalue weighted by Gasteiger charge is -2.26. The van der Waals surface area contributed by atoms with E-state index in [4.69, 9.17) is 4.74 Å². The summed E-state index contributed by atoms with van der Waals surface area (Å²) in [5, 5.41) is 3.17. The van der Waals surface area contributed by atoms with Crippen LogP contribution in [0.1, 0.15) is 35.9 Å². The Kier molecular flexibility index (Phi) is 6.22. The highest BCUT2D eigenvalue weighted by molar-refractivity contribution is 7.15. The van der Waals surface area contributed by atoms with E-state index in [0.717, 1.165) is 29.8 Å². The molecular weight excluding hydrogens is 350 g/mol. The lowest BCUT2D eigenvalue weighted by molar-refractivity contribution is -0.132. The summed E-state index contributed by atoms with van der Waals surface area (Å²) in [6, 6.07) is 10.2. The maximum atomic E-state index is 12.5. The fraction of sp³-hybridized carbons (Fsp3) is 0.421. The predicted molar refractivity (Wildman–Crippen MR) is 101 cm³/mol. The topological polar surface area (TPSA) is 71.5 Å². The van der Waals surface area contributed by atoms with Crippen LogP contribution < -0.4 is 5.32 Å². The van der Waals surface area contributed by atoms with Gasteiger partial charge in [0, 0.05) is 24.3 Å². The molecule has 0 atom stereocenters. The zero-order valence-electron chi connectivity index (χ0n) is 14.9. The van der Waals surface area contributed by atoms with Crippen molar-refractivity contribution in [1.29, 1.82) is 0 Å². The van der Waals surface area contributed by atoms with Crippen LogP contribution in [-0.2, 0) is 28.9 Å². The normalized spacial score (nSPS) is 13.2. The first-order chi connectivity index (χ1) is 12.7. The summed E-state index contributed by atoms with van der Waals surface area (Å²) in [5.41, 5.74) is 2.23. The zero-order valence-corrected chi connectivity index (χ0v) is 15.7. The Labute approximate surface area is 157 Å². The van der Waals surface area contributed by atoms with E-state index in [1.54, 1.807) is 6.92 Å². The molecule has 0 aliphatic carbocycles. The standard InChI is InChI=1S/C19H23N3O3S/c1-2-25-19(24)21-18-20-15-11-12-22(13-16(15)26-18)17(23)10-6-9-14-7-4-3-5-8-14/h3-5,7-8H,2,6,9-13H2,1H3,(H,20,21,24). The van der Waals surface area contributed by atoms with Gasteiger partial charge in [-0.3, -0.25) is 10.1 Å². The van der Waals surface area contributed by atoms with Gasteiger partial charge in [0.15, 0.2) is 5.13 Å². The smallest absolute Gasteiger partial charge is 0.413 e. The largest absolute Gasteiger partial charge is 0.450 e. The van der Waals surface area contributed by atoms with Gasteiger partial charge in [-0.25, -0.2) is 9.78 Å². The molecule has 0 radical (unpaired) electrons. The Balaban J connectivity index is 1.50. The fourth-order valence-corrected chi connectivity index (χ4v) is 3.97. The Morgan fingerprint density at radius 3 is 2.88 bits per heavy atom. The van der Waals surface area contributed by atoms with Gasteiger partial charge >= 0.3 is 6.09 Å². The van der Waals surface area contributed by atoms with Gasteiger partial charge in [-0.2, -0.15) is 0 Å². The number of amides is 2. The molecular formula is C19H23N3O3S. The van der Waals surface area contributed by atoms with Gasteiger partial charge in [0.1, 0.15) is 0 Å². The molecule has 1 aromatic carbocycles. The van der Waals surface area contributed by atoms with Gasteiger partial charge in [0.05, 0.1) is 18.8 Å². The lowest BCUT2D eigenvalue weighted by Crippen LogP contribution is -2.35. The number of hydrogen-bond acceptors (Lipinski definition) is 5. The van der Waals surface area contributed by atoms with E-state index in [1.807, 2.05) is 23.1 Å². The van der Waals surface area contributed by atoms with Crippen molar-refractivity contribution in [1.82, 2.24) is 9.88 Å². The van der Waals surface area contributed by atoms with Crippen LogP contribution in [0.15, 0.2) is 30.3 Å². The summed E-state index contributed by atoms with van der Waals surface area (Å²) in [6.07, 6.45) is 2.55. The first-order valence-electron chi connectivity index (χ1n) is 8.89. The molecule has 0 saturated carbocycles. The number of ether oxygens (including phenoxy) is 1. The van der Waals surface area contributed by atoms with E-state index >= 15 is 0 Å². The van der Waals surface area contributed by atoms with E-state index in [9.17, 15) is 9.59 Å². The third-order valence-corrected chi connectivity index (χ3v) is 5.27. The van der Waals surface area contributed by atoms with Gasteiger partial charge in [-0.1, -0.05) is 41.7 Å². The summed E-state index contributed by atoms with van der Waals surface area (Å²) in [6.45, 7) is 3.33. The Morgan fingerprint density at radius 1 is 1.31 bits per heavy atom. The molecule has 3 rings (SSSR count). The third-order valence-electron chi connectivity index (χ3n) is 4.27. The third kappa shape index (κ3) is 4.82. The second-order valence-corrected chi connectivity index (χ2v) is 7.22. The van der Waals surface area contributed by atoms with Crippen LogP contribution >= 0.6 is 11.3 Å². The highest BCUT2D eigenvalue weighted by atomic mass is 32.1. The average molecular weight is 373 g/mol. The van der Waals surface area contributed by atoms with Crippen molar-refractivity contribution in [3.63, 3.8) is 0 Å². The highest BCUT2D eigenvalue weighted by Crippen LogP contribution is 2.28. The number of nitrogens with one attached hydrogen (secondary N) is 1. The monoisotopic (exact) mass is 373 g/mol. The van der Waals surface area contributed by atoms with E-state index in [0.29, 0.717) is 31.2 Å². The van der Waals surface area contributed by atoms with Gasteiger partial charge in [0.2, 0.25) is 5.91 Å². The molecule has 2 aromatic rings. The van der Waals surface area contributed by atoms with Gasteiger partial charge < -0.3 is 9.64 Å². The molecule has 26 heavy (non-hydrogen) atoms. The van der Waals surface area contributed by atoms with Crippen LogP contribution in [0.3, 0.4) is 0 Å². The van der Waals surface area contributed by atoms with Crippen molar-refractivity contribution >= 4 is 28.5 Å². The van der Waals surface area contributed by atoms with Crippen LogP contribution in [0.2, 0.25) is 0 Å². The summed E-state index contributed by atoms with van der Waals surface area (Å²) >= 11 is 1.41. The minimum absolute atomic E-state index is 0.180. The number of fused-ring (bicyclic) bond motifs is 1. The molecule has 1 aliphatic rings. The molecule has 1 aromatic heterocycles. The van der Waals surface area contributed by atoms with E-state index in [-0.39, 0.29) is 5.91 Å².